The van der Waals surface area contributed by atoms with Crippen LogP contribution in [0.5, 0.6) is 0 Å². The van der Waals surface area contributed by atoms with Gasteiger partial charge in [0.2, 0.25) is 17.8 Å². The molecule has 2 heterocycles. The van der Waals surface area contributed by atoms with E-state index in [1.54, 1.807) is 0 Å². The number of hydrogen-bond donors (Lipinski definition) is 2. The van der Waals surface area contributed by atoms with Crippen LogP contribution in [0.3, 0.4) is 0 Å². The van der Waals surface area contributed by atoms with Crippen molar-refractivity contribution in [1.82, 2.24) is 19.9 Å². The summed E-state index contributed by atoms with van der Waals surface area (Å²) in [5.41, 5.74) is 5.66. The lowest BCUT2D eigenvalue weighted by molar-refractivity contribution is 0.414. The van der Waals surface area contributed by atoms with E-state index in [4.69, 9.17) is 5.73 Å². The first-order valence-corrected chi connectivity index (χ1v) is 5.68. The molecule has 94 valence electrons. The molecule has 2 rings (SSSR count). The van der Waals surface area contributed by atoms with Crippen molar-refractivity contribution in [2.75, 3.05) is 50.2 Å². The Bertz CT molecular complexity index is 392. The molecule has 17 heavy (non-hydrogen) atoms. The number of likely N-dealkylation sites (tertiary alicyclic amines) is 1. The quantitative estimate of drug-likeness (QED) is 0.742. The van der Waals surface area contributed by atoms with Crippen molar-refractivity contribution in [2.45, 2.75) is 12.5 Å². The number of nitrogens with zero attached hydrogens (tertiary/aromatic N) is 5. The van der Waals surface area contributed by atoms with E-state index in [0.29, 0.717) is 17.9 Å². The Morgan fingerprint density at radius 2 is 2.12 bits per heavy atom. The topological polar surface area (TPSA) is 83.2 Å². The summed E-state index contributed by atoms with van der Waals surface area (Å²) >= 11 is 0. The normalized spacial score (nSPS) is 20.5. The molecule has 1 atom stereocenters. The van der Waals surface area contributed by atoms with Gasteiger partial charge in [-0.05, 0) is 20.0 Å². The van der Waals surface area contributed by atoms with Gasteiger partial charge in [0.05, 0.1) is 0 Å². The van der Waals surface area contributed by atoms with Crippen LogP contribution in [0, 0.1) is 0 Å². The van der Waals surface area contributed by atoms with Crippen LogP contribution in [0.1, 0.15) is 6.42 Å². The Morgan fingerprint density at radius 3 is 2.71 bits per heavy atom. The first-order chi connectivity index (χ1) is 8.04. The SMILES string of the molecule is CN1CCC(Nc2nc(N)nc(N(C)C)n2)C1. The summed E-state index contributed by atoms with van der Waals surface area (Å²) in [5, 5.41) is 3.30. The van der Waals surface area contributed by atoms with Gasteiger partial charge in [-0.15, -0.1) is 0 Å². The van der Waals surface area contributed by atoms with E-state index >= 15 is 0 Å². The monoisotopic (exact) mass is 237 g/mol. The Kier molecular flexibility index (Phi) is 3.28. The predicted octanol–water partition coefficient (Wildman–Crippen LogP) is -0.364. The van der Waals surface area contributed by atoms with Crippen molar-refractivity contribution in [3.8, 4) is 0 Å². The molecule has 0 amide bonds. The van der Waals surface area contributed by atoms with Crippen LogP contribution in [-0.4, -0.2) is 60.1 Å². The van der Waals surface area contributed by atoms with Crippen LogP contribution < -0.4 is 16.0 Å². The number of aromatic nitrogens is 3. The Labute approximate surface area is 101 Å². The molecule has 0 aliphatic carbocycles. The lowest BCUT2D eigenvalue weighted by Gasteiger charge is -2.15. The van der Waals surface area contributed by atoms with Crippen LogP contribution in [0.2, 0.25) is 0 Å². The molecule has 0 bridgehead atoms. The number of likely N-dealkylation sites (N-methyl/N-ethyl adjacent to an activating group) is 1. The van der Waals surface area contributed by atoms with Crippen molar-refractivity contribution in [1.29, 1.82) is 0 Å². The molecular weight excluding hydrogens is 218 g/mol. The molecule has 0 saturated carbocycles. The zero-order chi connectivity index (χ0) is 12.4. The highest BCUT2D eigenvalue weighted by molar-refractivity contribution is 5.41. The lowest BCUT2D eigenvalue weighted by Crippen LogP contribution is -2.25. The molecule has 1 aliphatic rings. The van der Waals surface area contributed by atoms with E-state index in [1.807, 2.05) is 19.0 Å². The minimum atomic E-state index is 0.248. The molecule has 1 unspecified atom stereocenters. The van der Waals surface area contributed by atoms with Gasteiger partial charge in [0.25, 0.3) is 0 Å². The molecule has 1 fully saturated rings. The number of anilines is 3. The fourth-order valence-corrected chi connectivity index (χ4v) is 1.88. The largest absolute Gasteiger partial charge is 0.368 e. The second kappa shape index (κ2) is 4.70. The van der Waals surface area contributed by atoms with Crippen molar-refractivity contribution in [2.24, 2.45) is 0 Å². The predicted molar refractivity (Wildman–Crippen MR) is 68.1 cm³/mol. The first-order valence-electron chi connectivity index (χ1n) is 5.68. The summed E-state index contributed by atoms with van der Waals surface area (Å²) in [7, 11) is 5.86. The standard InChI is InChI=1S/C10H19N7/c1-16(2)10-14-8(11)13-9(15-10)12-7-4-5-17(3)6-7/h7H,4-6H2,1-3H3,(H3,11,12,13,14,15). The fraction of sp³-hybridized carbons (Fsp3) is 0.700. The minimum Gasteiger partial charge on any atom is -0.368 e. The second-order valence-corrected chi connectivity index (χ2v) is 4.60. The molecule has 3 N–H and O–H groups in total. The minimum absolute atomic E-state index is 0.248. The molecule has 0 aromatic carbocycles. The highest BCUT2D eigenvalue weighted by Gasteiger charge is 2.20. The van der Waals surface area contributed by atoms with Crippen LogP contribution in [0.15, 0.2) is 0 Å². The third kappa shape index (κ3) is 2.94. The van der Waals surface area contributed by atoms with Gasteiger partial charge in [0.15, 0.2) is 0 Å². The molecule has 1 aliphatic heterocycles. The zero-order valence-electron chi connectivity index (χ0n) is 10.5. The number of nitrogens with two attached hydrogens (primary N) is 1. The smallest absolute Gasteiger partial charge is 0.231 e. The summed E-state index contributed by atoms with van der Waals surface area (Å²) in [5.74, 6) is 1.38. The van der Waals surface area contributed by atoms with Gasteiger partial charge < -0.3 is 20.9 Å². The van der Waals surface area contributed by atoms with Gasteiger partial charge in [0, 0.05) is 26.7 Å². The summed E-state index contributed by atoms with van der Waals surface area (Å²) in [4.78, 5) is 16.6. The van der Waals surface area contributed by atoms with Gasteiger partial charge in [-0.25, -0.2) is 0 Å². The van der Waals surface area contributed by atoms with Crippen LogP contribution in [0.4, 0.5) is 17.8 Å². The molecule has 7 nitrogen and oxygen atoms in total. The third-order valence-corrected chi connectivity index (χ3v) is 2.77. The van der Waals surface area contributed by atoms with Crippen molar-refractivity contribution in [3.05, 3.63) is 0 Å². The maximum atomic E-state index is 5.66. The third-order valence-electron chi connectivity index (χ3n) is 2.77. The maximum Gasteiger partial charge on any atom is 0.231 e. The summed E-state index contributed by atoms with van der Waals surface area (Å²) in [6, 6.07) is 0.386. The van der Waals surface area contributed by atoms with E-state index in [2.05, 4.69) is 32.2 Å². The average molecular weight is 237 g/mol. The van der Waals surface area contributed by atoms with E-state index in [0.717, 1.165) is 19.5 Å². The lowest BCUT2D eigenvalue weighted by atomic mass is 10.3. The molecule has 1 saturated heterocycles. The van der Waals surface area contributed by atoms with Crippen molar-refractivity contribution < 1.29 is 0 Å². The Balaban J connectivity index is 2.10. The first kappa shape index (κ1) is 11.8. The number of nitrogen functional groups attached to an aromatic ring is 1. The Hall–Kier alpha value is -1.63. The molecular formula is C10H19N7. The Morgan fingerprint density at radius 1 is 1.35 bits per heavy atom. The van der Waals surface area contributed by atoms with Crippen LogP contribution in [-0.2, 0) is 0 Å². The van der Waals surface area contributed by atoms with Crippen LogP contribution >= 0.6 is 0 Å². The highest BCUT2D eigenvalue weighted by Crippen LogP contribution is 2.14. The molecule has 7 heteroatoms. The number of hydrogen-bond acceptors (Lipinski definition) is 7. The van der Waals surface area contributed by atoms with Crippen molar-refractivity contribution in [3.63, 3.8) is 0 Å². The van der Waals surface area contributed by atoms with Crippen molar-refractivity contribution >= 4 is 17.8 Å². The number of rotatable bonds is 3. The van der Waals surface area contributed by atoms with E-state index in [1.165, 1.54) is 0 Å². The van der Waals surface area contributed by atoms with E-state index in [9.17, 15) is 0 Å². The van der Waals surface area contributed by atoms with Gasteiger partial charge in [0.1, 0.15) is 0 Å². The molecule has 0 radical (unpaired) electrons. The van der Waals surface area contributed by atoms with Gasteiger partial charge >= 0.3 is 0 Å². The van der Waals surface area contributed by atoms with E-state index in [-0.39, 0.29) is 5.95 Å². The average Bonchev–Trinajstić information content (AvgIpc) is 2.63. The van der Waals surface area contributed by atoms with Crippen LogP contribution in [0.25, 0.3) is 0 Å². The maximum absolute atomic E-state index is 5.66. The van der Waals surface area contributed by atoms with Gasteiger partial charge in [-0.3, -0.25) is 0 Å². The molecule has 1 aromatic rings. The highest BCUT2D eigenvalue weighted by atomic mass is 15.3. The molecule has 0 spiro atoms. The summed E-state index contributed by atoms with van der Waals surface area (Å²) in [6.45, 7) is 2.10. The zero-order valence-corrected chi connectivity index (χ0v) is 10.5. The fourth-order valence-electron chi connectivity index (χ4n) is 1.88. The van der Waals surface area contributed by atoms with E-state index < -0.39 is 0 Å². The summed E-state index contributed by atoms with van der Waals surface area (Å²) < 4.78 is 0. The van der Waals surface area contributed by atoms with Gasteiger partial charge in [-0.1, -0.05) is 0 Å². The molecule has 1 aromatic heterocycles. The number of nitrogens with one attached hydrogen (secondary N) is 1. The second-order valence-electron chi connectivity index (χ2n) is 4.60. The summed E-state index contributed by atoms with van der Waals surface area (Å²) in [6.07, 6.45) is 1.10. The van der Waals surface area contributed by atoms with Gasteiger partial charge in [-0.2, -0.15) is 15.0 Å².